The molecule has 0 aliphatic carbocycles. The van der Waals surface area contributed by atoms with Crippen LogP contribution in [-0.2, 0) is 16.6 Å². The van der Waals surface area contributed by atoms with Crippen LogP contribution in [0.3, 0.4) is 0 Å². The highest BCUT2D eigenvalue weighted by molar-refractivity contribution is 7.89. The summed E-state index contributed by atoms with van der Waals surface area (Å²) in [5.74, 6) is 0.934. The van der Waals surface area contributed by atoms with Crippen molar-refractivity contribution in [2.45, 2.75) is 6.54 Å². The zero-order valence-corrected chi connectivity index (χ0v) is 18.0. The van der Waals surface area contributed by atoms with Crippen molar-refractivity contribution < 1.29 is 13.5 Å². The number of sulfonamides is 1. The second-order valence-corrected chi connectivity index (χ2v) is 8.99. The number of piperazine rings is 1. The maximum Gasteiger partial charge on any atom is 0.213 e. The van der Waals surface area contributed by atoms with E-state index in [2.05, 4.69) is 24.8 Å². The van der Waals surface area contributed by atoms with E-state index in [1.54, 1.807) is 13.1 Å². The lowest BCUT2D eigenvalue weighted by molar-refractivity contribution is 0.371. The van der Waals surface area contributed by atoms with Crippen molar-refractivity contribution in [3.8, 4) is 5.75 Å². The van der Waals surface area contributed by atoms with Gasteiger partial charge in [-0.25, -0.2) is 13.1 Å². The molecule has 0 bridgehead atoms. The van der Waals surface area contributed by atoms with Crippen LogP contribution >= 0.6 is 0 Å². The van der Waals surface area contributed by atoms with Crippen LogP contribution in [0.25, 0.3) is 0 Å². The highest BCUT2D eigenvalue weighted by Crippen LogP contribution is 2.27. The Labute approximate surface area is 178 Å². The van der Waals surface area contributed by atoms with Gasteiger partial charge in [0.1, 0.15) is 5.75 Å². The molecule has 162 valence electrons. The number of rotatable bonds is 7. The molecule has 8 nitrogen and oxygen atoms in total. The first-order valence-corrected chi connectivity index (χ1v) is 11.6. The van der Waals surface area contributed by atoms with E-state index in [0.717, 1.165) is 37.4 Å². The minimum atomic E-state index is -3.39. The number of phenolic OH excluding ortho intramolecular Hbond substituents is 1. The number of aromatic hydroxyl groups is 1. The van der Waals surface area contributed by atoms with Gasteiger partial charge < -0.3 is 20.2 Å². The molecule has 1 heterocycles. The Morgan fingerprint density at radius 1 is 1.03 bits per heavy atom. The fourth-order valence-electron chi connectivity index (χ4n) is 3.38. The van der Waals surface area contributed by atoms with Gasteiger partial charge in [0.2, 0.25) is 10.0 Å². The van der Waals surface area contributed by atoms with Crippen molar-refractivity contribution in [2.75, 3.05) is 50.4 Å². The Hall–Kier alpha value is -2.78. The maximum atomic E-state index is 12.2. The summed E-state index contributed by atoms with van der Waals surface area (Å²) in [6.07, 6.45) is 0. The Kier molecular flexibility index (Phi) is 7.53. The van der Waals surface area contributed by atoms with Crippen LogP contribution in [0.15, 0.2) is 59.6 Å². The van der Waals surface area contributed by atoms with Crippen LogP contribution in [-0.4, -0.2) is 69.9 Å². The number of nitrogens with one attached hydrogen (secondary N) is 2. The molecule has 9 heteroatoms. The number of aliphatic imine (C=N–C) groups is 1. The molecule has 1 aliphatic rings. The third-order valence-corrected chi connectivity index (χ3v) is 6.33. The summed E-state index contributed by atoms with van der Waals surface area (Å²) < 4.78 is 27.1. The monoisotopic (exact) mass is 431 g/mol. The number of guanidine groups is 1. The van der Waals surface area contributed by atoms with Gasteiger partial charge in [0.25, 0.3) is 0 Å². The zero-order chi connectivity index (χ0) is 21.4. The van der Waals surface area contributed by atoms with Crippen molar-refractivity contribution in [1.82, 2.24) is 14.9 Å². The molecule has 0 saturated carbocycles. The summed E-state index contributed by atoms with van der Waals surface area (Å²) in [6, 6.07) is 16.8. The molecular formula is C21H29N5O3S. The summed E-state index contributed by atoms with van der Waals surface area (Å²) >= 11 is 0. The van der Waals surface area contributed by atoms with Crippen LogP contribution in [0.4, 0.5) is 5.69 Å². The number of para-hydroxylation sites is 2. The molecule has 30 heavy (non-hydrogen) atoms. The van der Waals surface area contributed by atoms with Crippen molar-refractivity contribution >= 4 is 21.7 Å². The van der Waals surface area contributed by atoms with Gasteiger partial charge in [-0.05, 0) is 17.7 Å². The third kappa shape index (κ3) is 6.11. The predicted octanol–water partition coefficient (Wildman–Crippen LogP) is 1.21. The van der Waals surface area contributed by atoms with Crippen molar-refractivity contribution in [1.29, 1.82) is 0 Å². The first-order chi connectivity index (χ1) is 14.5. The smallest absolute Gasteiger partial charge is 0.213 e. The van der Waals surface area contributed by atoms with Gasteiger partial charge in [-0.3, -0.25) is 4.99 Å². The molecule has 3 N–H and O–H groups in total. The minimum absolute atomic E-state index is 0.0310. The lowest BCUT2D eigenvalue weighted by Gasteiger charge is -2.37. The van der Waals surface area contributed by atoms with Crippen LogP contribution in [0, 0.1) is 0 Å². The largest absolute Gasteiger partial charge is 0.506 e. The van der Waals surface area contributed by atoms with E-state index in [9.17, 15) is 13.5 Å². The highest BCUT2D eigenvalue weighted by atomic mass is 32.2. The van der Waals surface area contributed by atoms with Crippen LogP contribution in [0.5, 0.6) is 5.75 Å². The number of hydrogen-bond donors (Lipinski definition) is 3. The second-order valence-electron chi connectivity index (χ2n) is 7.06. The summed E-state index contributed by atoms with van der Waals surface area (Å²) in [6.45, 7) is 3.51. The number of hydrogen-bond acceptors (Lipinski definition) is 5. The quantitative estimate of drug-likeness (QED) is 0.450. The second kappa shape index (κ2) is 10.3. The Morgan fingerprint density at radius 2 is 1.70 bits per heavy atom. The summed E-state index contributed by atoms with van der Waals surface area (Å²) in [5.41, 5.74) is 1.75. The fourth-order valence-corrected chi connectivity index (χ4v) is 4.28. The van der Waals surface area contributed by atoms with Gasteiger partial charge in [0.15, 0.2) is 5.96 Å². The minimum Gasteiger partial charge on any atom is -0.506 e. The average molecular weight is 432 g/mol. The lowest BCUT2D eigenvalue weighted by Crippen LogP contribution is -2.53. The van der Waals surface area contributed by atoms with Crippen LogP contribution in [0.1, 0.15) is 5.56 Å². The van der Waals surface area contributed by atoms with Crippen LogP contribution < -0.4 is 14.9 Å². The van der Waals surface area contributed by atoms with Gasteiger partial charge in [0, 0.05) is 46.3 Å². The van der Waals surface area contributed by atoms with E-state index >= 15 is 0 Å². The van der Waals surface area contributed by atoms with E-state index in [4.69, 9.17) is 0 Å². The molecule has 0 unspecified atom stereocenters. The Balaban J connectivity index is 1.44. The molecule has 0 atom stereocenters. The molecule has 0 amide bonds. The first-order valence-electron chi connectivity index (χ1n) is 9.98. The summed E-state index contributed by atoms with van der Waals surface area (Å²) in [5, 5.41) is 13.2. The van der Waals surface area contributed by atoms with E-state index in [1.807, 2.05) is 48.5 Å². The van der Waals surface area contributed by atoms with E-state index < -0.39 is 10.0 Å². The molecule has 0 aromatic heterocycles. The zero-order valence-electron chi connectivity index (χ0n) is 17.2. The molecule has 0 radical (unpaired) electrons. The molecule has 1 saturated heterocycles. The van der Waals surface area contributed by atoms with Gasteiger partial charge in [0.05, 0.1) is 11.4 Å². The van der Waals surface area contributed by atoms with Crippen molar-refractivity contribution in [3.05, 3.63) is 60.2 Å². The number of anilines is 1. The predicted molar refractivity (Wildman–Crippen MR) is 120 cm³/mol. The number of benzene rings is 2. The van der Waals surface area contributed by atoms with E-state index in [-0.39, 0.29) is 24.6 Å². The maximum absolute atomic E-state index is 12.2. The van der Waals surface area contributed by atoms with Crippen molar-refractivity contribution in [3.63, 3.8) is 0 Å². The summed E-state index contributed by atoms with van der Waals surface area (Å²) in [7, 11) is -1.69. The normalized spacial score (nSPS) is 15.3. The molecule has 1 aliphatic heterocycles. The van der Waals surface area contributed by atoms with E-state index in [1.165, 1.54) is 0 Å². The first kappa shape index (κ1) is 21.9. The number of nitrogens with zero attached hydrogens (tertiary/aromatic N) is 3. The highest BCUT2D eigenvalue weighted by Gasteiger charge is 2.21. The van der Waals surface area contributed by atoms with Gasteiger partial charge >= 0.3 is 0 Å². The Bertz CT molecular complexity index is 942. The average Bonchev–Trinajstić information content (AvgIpc) is 2.77. The van der Waals surface area contributed by atoms with Gasteiger partial charge in [-0.1, -0.05) is 42.5 Å². The van der Waals surface area contributed by atoms with Gasteiger partial charge in [-0.2, -0.15) is 0 Å². The molecular weight excluding hydrogens is 402 g/mol. The summed E-state index contributed by atoms with van der Waals surface area (Å²) in [4.78, 5) is 8.52. The Morgan fingerprint density at radius 3 is 2.37 bits per heavy atom. The molecule has 0 spiro atoms. The fraction of sp³-hybridized carbons (Fsp3) is 0.381. The topological polar surface area (TPSA) is 97.3 Å². The molecule has 1 fully saturated rings. The molecule has 2 aromatic carbocycles. The van der Waals surface area contributed by atoms with Gasteiger partial charge in [-0.15, -0.1) is 0 Å². The lowest BCUT2D eigenvalue weighted by atomic mass is 10.2. The van der Waals surface area contributed by atoms with Crippen LogP contribution in [0.2, 0.25) is 0 Å². The molecule has 3 rings (SSSR count). The molecule has 2 aromatic rings. The SMILES string of the molecule is CN=C(NCCS(=O)(=O)NCc1ccccc1)N1CCN(c2ccccc2O)CC1. The number of phenols is 1. The standard InChI is InChI=1S/C21H29N5O3S/c1-22-21(23-11-16-30(28,29)24-17-18-7-3-2-4-8-18)26-14-12-25(13-15-26)19-9-5-6-10-20(19)27/h2-10,24,27H,11-17H2,1H3,(H,22,23). The van der Waals surface area contributed by atoms with Crippen molar-refractivity contribution in [2.24, 2.45) is 4.99 Å². The third-order valence-electron chi connectivity index (χ3n) is 5.01. The van der Waals surface area contributed by atoms with E-state index in [0.29, 0.717) is 5.96 Å².